The molecule has 0 saturated carbocycles. The summed E-state index contributed by atoms with van der Waals surface area (Å²) in [5.74, 6) is 0.820. The lowest BCUT2D eigenvalue weighted by atomic mass is 10.0. The third-order valence-corrected chi connectivity index (χ3v) is 3.06. The van der Waals surface area contributed by atoms with Crippen molar-refractivity contribution in [2.45, 2.75) is 52.0 Å². The summed E-state index contributed by atoms with van der Waals surface area (Å²) >= 11 is 0. The van der Waals surface area contributed by atoms with Crippen LogP contribution in [-0.4, -0.2) is 25.8 Å². The van der Waals surface area contributed by atoms with Gasteiger partial charge >= 0.3 is 0 Å². The molecule has 2 unspecified atom stereocenters. The topological polar surface area (TPSA) is 21.3 Å². The van der Waals surface area contributed by atoms with Crippen LogP contribution in [0.3, 0.4) is 0 Å². The fraction of sp³-hybridized carbons (Fsp3) is 1.00. The average molecular weight is 199 g/mol. The molecule has 1 fully saturated rings. The Labute approximate surface area is 88.4 Å². The van der Waals surface area contributed by atoms with E-state index in [0.29, 0.717) is 6.04 Å². The SMILES string of the molecule is CCCCC(C)NCCC1CCOC1. The highest BCUT2D eigenvalue weighted by Gasteiger charge is 2.14. The van der Waals surface area contributed by atoms with Gasteiger partial charge < -0.3 is 10.1 Å². The van der Waals surface area contributed by atoms with E-state index < -0.39 is 0 Å². The van der Waals surface area contributed by atoms with Crippen LogP contribution in [0.4, 0.5) is 0 Å². The Morgan fingerprint density at radius 1 is 1.50 bits per heavy atom. The summed E-state index contributed by atoms with van der Waals surface area (Å²) in [6, 6.07) is 0.692. The molecule has 0 aromatic rings. The lowest BCUT2D eigenvalue weighted by molar-refractivity contribution is 0.184. The summed E-state index contributed by atoms with van der Waals surface area (Å²) in [5, 5.41) is 3.59. The van der Waals surface area contributed by atoms with Crippen LogP contribution >= 0.6 is 0 Å². The molecule has 2 nitrogen and oxygen atoms in total. The van der Waals surface area contributed by atoms with E-state index in [1.807, 2.05) is 0 Å². The summed E-state index contributed by atoms with van der Waals surface area (Å²) in [6.07, 6.45) is 6.53. The maximum Gasteiger partial charge on any atom is 0.0495 e. The van der Waals surface area contributed by atoms with E-state index in [1.165, 1.54) is 38.6 Å². The Bertz CT molecular complexity index is 132. The van der Waals surface area contributed by atoms with Gasteiger partial charge in [-0.15, -0.1) is 0 Å². The Balaban J connectivity index is 1.91. The molecule has 2 atom stereocenters. The van der Waals surface area contributed by atoms with E-state index in [0.717, 1.165) is 19.1 Å². The monoisotopic (exact) mass is 199 g/mol. The summed E-state index contributed by atoms with van der Waals surface area (Å²) in [6.45, 7) is 7.68. The predicted octanol–water partition coefficient (Wildman–Crippen LogP) is 2.58. The van der Waals surface area contributed by atoms with Gasteiger partial charge in [-0.05, 0) is 38.6 Å². The van der Waals surface area contributed by atoms with Gasteiger partial charge in [-0.25, -0.2) is 0 Å². The van der Waals surface area contributed by atoms with Gasteiger partial charge in [-0.1, -0.05) is 19.8 Å². The number of ether oxygens (including phenoxy) is 1. The minimum absolute atomic E-state index is 0.692. The molecule has 0 aromatic heterocycles. The van der Waals surface area contributed by atoms with Crippen molar-refractivity contribution in [3.05, 3.63) is 0 Å². The summed E-state index contributed by atoms with van der Waals surface area (Å²) in [5.41, 5.74) is 0. The zero-order chi connectivity index (χ0) is 10.2. The standard InChI is InChI=1S/C12H25NO/c1-3-4-5-11(2)13-8-6-12-7-9-14-10-12/h11-13H,3-10H2,1-2H3. The molecule has 0 bridgehead atoms. The zero-order valence-electron chi connectivity index (χ0n) is 9.72. The normalized spacial score (nSPS) is 24.0. The van der Waals surface area contributed by atoms with E-state index in [1.54, 1.807) is 0 Å². The number of hydrogen-bond donors (Lipinski definition) is 1. The van der Waals surface area contributed by atoms with Gasteiger partial charge in [-0.3, -0.25) is 0 Å². The highest BCUT2D eigenvalue weighted by molar-refractivity contribution is 4.67. The summed E-state index contributed by atoms with van der Waals surface area (Å²) < 4.78 is 5.35. The van der Waals surface area contributed by atoms with Crippen molar-refractivity contribution in [3.8, 4) is 0 Å². The van der Waals surface area contributed by atoms with E-state index in [2.05, 4.69) is 19.2 Å². The van der Waals surface area contributed by atoms with Crippen LogP contribution in [0.1, 0.15) is 46.0 Å². The largest absolute Gasteiger partial charge is 0.381 e. The van der Waals surface area contributed by atoms with E-state index in [4.69, 9.17) is 4.74 Å². The van der Waals surface area contributed by atoms with Crippen LogP contribution in [0.15, 0.2) is 0 Å². The third-order valence-electron chi connectivity index (χ3n) is 3.06. The minimum Gasteiger partial charge on any atom is -0.381 e. The van der Waals surface area contributed by atoms with Crippen LogP contribution in [0.25, 0.3) is 0 Å². The third kappa shape index (κ3) is 4.97. The second kappa shape index (κ2) is 7.24. The number of rotatable bonds is 7. The van der Waals surface area contributed by atoms with E-state index >= 15 is 0 Å². The highest BCUT2D eigenvalue weighted by Crippen LogP contribution is 2.15. The molecule has 1 rings (SSSR count). The predicted molar refractivity (Wildman–Crippen MR) is 60.5 cm³/mol. The minimum atomic E-state index is 0.692. The van der Waals surface area contributed by atoms with Crippen molar-refractivity contribution in [1.29, 1.82) is 0 Å². The van der Waals surface area contributed by atoms with Gasteiger partial charge in [-0.2, -0.15) is 0 Å². The molecule has 0 spiro atoms. The molecule has 0 amide bonds. The highest BCUT2D eigenvalue weighted by atomic mass is 16.5. The van der Waals surface area contributed by atoms with Crippen molar-refractivity contribution in [2.75, 3.05) is 19.8 Å². The summed E-state index contributed by atoms with van der Waals surface area (Å²) in [4.78, 5) is 0. The second-order valence-corrected chi connectivity index (χ2v) is 4.52. The van der Waals surface area contributed by atoms with E-state index in [9.17, 15) is 0 Å². The Hall–Kier alpha value is -0.0800. The molecule has 1 heterocycles. The van der Waals surface area contributed by atoms with Gasteiger partial charge in [0, 0.05) is 19.3 Å². The Morgan fingerprint density at radius 2 is 2.36 bits per heavy atom. The van der Waals surface area contributed by atoms with E-state index in [-0.39, 0.29) is 0 Å². The molecule has 0 radical (unpaired) electrons. The first-order valence-electron chi connectivity index (χ1n) is 6.14. The maximum absolute atomic E-state index is 5.35. The van der Waals surface area contributed by atoms with Crippen LogP contribution < -0.4 is 5.32 Å². The average Bonchev–Trinajstić information content (AvgIpc) is 2.67. The molecule has 84 valence electrons. The van der Waals surface area contributed by atoms with Crippen molar-refractivity contribution < 1.29 is 4.74 Å². The number of unbranched alkanes of at least 4 members (excludes halogenated alkanes) is 1. The van der Waals surface area contributed by atoms with Crippen molar-refractivity contribution in [1.82, 2.24) is 5.32 Å². The lowest BCUT2D eigenvalue weighted by Gasteiger charge is -2.14. The zero-order valence-corrected chi connectivity index (χ0v) is 9.72. The first kappa shape index (κ1) is 12.0. The van der Waals surface area contributed by atoms with Gasteiger partial charge in [0.2, 0.25) is 0 Å². The lowest BCUT2D eigenvalue weighted by Crippen LogP contribution is -2.28. The molecule has 0 aliphatic carbocycles. The quantitative estimate of drug-likeness (QED) is 0.680. The molecular weight excluding hydrogens is 174 g/mol. The summed E-state index contributed by atoms with van der Waals surface area (Å²) in [7, 11) is 0. The molecule has 1 aliphatic heterocycles. The smallest absolute Gasteiger partial charge is 0.0495 e. The van der Waals surface area contributed by atoms with Crippen LogP contribution in [0.2, 0.25) is 0 Å². The Kier molecular flexibility index (Phi) is 6.20. The Morgan fingerprint density at radius 3 is 3.00 bits per heavy atom. The van der Waals surface area contributed by atoms with Gasteiger partial charge in [0.1, 0.15) is 0 Å². The molecule has 1 N–H and O–H groups in total. The van der Waals surface area contributed by atoms with Crippen LogP contribution in [-0.2, 0) is 4.74 Å². The van der Waals surface area contributed by atoms with Crippen molar-refractivity contribution >= 4 is 0 Å². The molecule has 0 aromatic carbocycles. The molecular formula is C12H25NO. The molecule has 1 saturated heterocycles. The second-order valence-electron chi connectivity index (χ2n) is 4.52. The van der Waals surface area contributed by atoms with Crippen molar-refractivity contribution in [3.63, 3.8) is 0 Å². The first-order valence-corrected chi connectivity index (χ1v) is 6.14. The fourth-order valence-corrected chi connectivity index (χ4v) is 1.96. The van der Waals surface area contributed by atoms with Crippen LogP contribution in [0, 0.1) is 5.92 Å². The van der Waals surface area contributed by atoms with Gasteiger partial charge in [0.05, 0.1) is 0 Å². The van der Waals surface area contributed by atoms with Gasteiger partial charge in [0.25, 0.3) is 0 Å². The fourth-order valence-electron chi connectivity index (χ4n) is 1.96. The first-order chi connectivity index (χ1) is 6.83. The molecule has 14 heavy (non-hydrogen) atoms. The number of nitrogens with one attached hydrogen (secondary N) is 1. The van der Waals surface area contributed by atoms with Gasteiger partial charge in [0.15, 0.2) is 0 Å². The van der Waals surface area contributed by atoms with Crippen molar-refractivity contribution in [2.24, 2.45) is 5.92 Å². The molecule has 1 aliphatic rings. The molecule has 2 heteroatoms. The maximum atomic E-state index is 5.35. The number of hydrogen-bond acceptors (Lipinski definition) is 2. The van der Waals surface area contributed by atoms with Crippen LogP contribution in [0.5, 0.6) is 0 Å².